The summed E-state index contributed by atoms with van der Waals surface area (Å²) in [5, 5.41) is 1.84. The quantitative estimate of drug-likeness (QED) is 0.826. The largest absolute Gasteiger partial charge is 0.492 e. The molecule has 2 nitrogen and oxygen atoms in total. The van der Waals surface area contributed by atoms with Crippen molar-refractivity contribution in [2.24, 2.45) is 5.73 Å². The summed E-state index contributed by atoms with van der Waals surface area (Å²) >= 11 is -0.0838. The van der Waals surface area contributed by atoms with Gasteiger partial charge in [0.2, 0.25) is 0 Å². The van der Waals surface area contributed by atoms with Gasteiger partial charge in [0.05, 0.1) is 6.61 Å². The maximum absolute atomic E-state index is 12.1. The molecule has 6 heteroatoms. The van der Waals surface area contributed by atoms with E-state index in [0.29, 0.717) is 5.75 Å². The highest BCUT2D eigenvalue weighted by atomic mass is 32.2. The number of fused-ring (bicyclic) bond motifs is 1. The third-order valence-electron chi connectivity index (χ3n) is 3.00. The van der Waals surface area contributed by atoms with Crippen molar-refractivity contribution < 1.29 is 17.9 Å². The van der Waals surface area contributed by atoms with Crippen molar-refractivity contribution in [2.75, 3.05) is 12.4 Å². The highest BCUT2D eigenvalue weighted by Gasteiger charge is 2.27. The number of hydrogen-bond acceptors (Lipinski definition) is 3. The Morgan fingerprint density at radius 3 is 2.57 bits per heavy atom. The first kappa shape index (κ1) is 16.0. The van der Waals surface area contributed by atoms with Crippen LogP contribution in [0.3, 0.4) is 0 Å². The summed E-state index contributed by atoms with van der Waals surface area (Å²) < 4.78 is 42.0. The van der Waals surface area contributed by atoms with E-state index >= 15 is 0 Å². The minimum absolute atomic E-state index is 0.0160. The van der Waals surface area contributed by atoms with Crippen LogP contribution < -0.4 is 10.5 Å². The number of halogens is 3. The molecule has 2 aromatic rings. The summed E-state index contributed by atoms with van der Waals surface area (Å²) in [5.41, 5.74) is 2.48. The van der Waals surface area contributed by atoms with Crippen molar-refractivity contribution in [3.8, 4) is 5.75 Å². The monoisotopic (exact) mass is 315 g/mol. The zero-order valence-corrected chi connectivity index (χ0v) is 12.3. The van der Waals surface area contributed by atoms with E-state index in [-0.39, 0.29) is 30.2 Å². The number of thioether (sulfide) groups is 1. The van der Waals surface area contributed by atoms with Gasteiger partial charge in [-0.15, -0.1) is 0 Å². The molecule has 0 spiro atoms. The number of benzene rings is 2. The highest BCUT2D eigenvalue weighted by Crippen LogP contribution is 2.34. The second-order valence-electron chi connectivity index (χ2n) is 4.64. The Labute approximate surface area is 125 Å². The van der Waals surface area contributed by atoms with Crippen molar-refractivity contribution in [3.05, 3.63) is 42.0 Å². The molecule has 0 amide bonds. The molecular weight excluding hydrogens is 299 g/mol. The van der Waals surface area contributed by atoms with E-state index in [1.165, 1.54) is 0 Å². The van der Waals surface area contributed by atoms with Crippen molar-refractivity contribution in [1.29, 1.82) is 0 Å². The number of hydrogen-bond donors (Lipinski definition) is 1. The fraction of sp³-hybridized carbons (Fsp3) is 0.333. The molecular formula is C15H16F3NOS. The van der Waals surface area contributed by atoms with Crippen LogP contribution >= 0.6 is 11.8 Å². The molecule has 0 heterocycles. The summed E-state index contributed by atoms with van der Waals surface area (Å²) in [6.07, 6.45) is 0. The fourth-order valence-electron chi connectivity index (χ4n) is 2.08. The standard InChI is InChI=1S/C15H16F3NOS/c1-10(19)12-7-6-11-4-2-3-5-13(11)14(12)20-8-9-21-15(16,17)18/h2-7,10H,8-9,19H2,1H3/t10-/m1/s1. The number of rotatable bonds is 5. The molecule has 2 N–H and O–H groups in total. The Kier molecular flexibility index (Phi) is 5.00. The lowest BCUT2D eigenvalue weighted by Crippen LogP contribution is -2.11. The topological polar surface area (TPSA) is 35.2 Å². The van der Waals surface area contributed by atoms with Gasteiger partial charge < -0.3 is 10.5 Å². The Morgan fingerprint density at radius 1 is 1.19 bits per heavy atom. The van der Waals surface area contributed by atoms with Gasteiger partial charge in [-0.25, -0.2) is 0 Å². The first-order valence-electron chi connectivity index (χ1n) is 6.49. The lowest BCUT2D eigenvalue weighted by atomic mass is 10.0. The van der Waals surface area contributed by atoms with Crippen LogP contribution in [0.1, 0.15) is 18.5 Å². The van der Waals surface area contributed by atoms with E-state index in [2.05, 4.69) is 0 Å². The van der Waals surface area contributed by atoms with Crippen molar-refractivity contribution >= 4 is 22.5 Å². The molecule has 0 aromatic heterocycles. The SMILES string of the molecule is C[C@@H](N)c1ccc2ccccc2c1OCCSC(F)(F)F. The van der Waals surface area contributed by atoms with Crippen LogP contribution in [-0.2, 0) is 0 Å². The van der Waals surface area contributed by atoms with E-state index in [9.17, 15) is 13.2 Å². The summed E-state index contributed by atoms with van der Waals surface area (Å²) in [6.45, 7) is 1.80. The van der Waals surface area contributed by atoms with E-state index in [0.717, 1.165) is 16.3 Å². The lowest BCUT2D eigenvalue weighted by molar-refractivity contribution is -0.0329. The van der Waals surface area contributed by atoms with E-state index < -0.39 is 5.51 Å². The molecule has 0 fully saturated rings. The summed E-state index contributed by atoms with van der Waals surface area (Å²) in [6, 6.07) is 11.1. The predicted octanol–water partition coefficient (Wildman–Crippen LogP) is 4.49. The van der Waals surface area contributed by atoms with Crippen LogP contribution in [0.15, 0.2) is 36.4 Å². The average Bonchev–Trinajstić information content (AvgIpc) is 2.42. The van der Waals surface area contributed by atoms with Gasteiger partial charge in [-0.3, -0.25) is 0 Å². The van der Waals surface area contributed by atoms with Gasteiger partial charge in [0, 0.05) is 22.7 Å². The molecule has 0 saturated carbocycles. The second kappa shape index (κ2) is 6.58. The van der Waals surface area contributed by atoms with Crippen molar-refractivity contribution in [2.45, 2.75) is 18.5 Å². The fourth-order valence-corrected chi connectivity index (χ4v) is 2.48. The van der Waals surface area contributed by atoms with Crippen LogP contribution in [0.2, 0.25) is 0 Å². The molecule has 0 aliphatic heterocycles. The third-order valence-corrected chi connectivity index (χ3v) is 3.69. The van der Waals surface area contributed by atoms with E-state index in [4.69, 9.17) is 10.5 Å². The molecule has 21 heavy (non-hydrogen) atoms. The van der Waals surface area contributed by atoms with Crippen LogP contribution in [0.5, 0.6) is 5.75 Å². The smallest absolute Gasteiger partial charge is 0.441 e. The first-order valence-corrected chi connectivity index (χ1v) is 7.48. The summed E-state index contributed by atoms with van der Waals surface area (Å²) in [5.74, 6) is 0.427. The zero-order valence-electron chi connectivity index (χ0n) is 11.5. The van der Waals surface area contributed by atoms with Crippen molar-refractivity contribution in [1.82, 2.24) is 0 Å². The van der Waals surface area contributed by atoms with Gasteiger partial charge in [0.15, 0.2) is 0 Å². The number of nitrogens with two attached hydrogens (primary N) is 1. The minimum Gasteiger partial charge on any atom is -0.492 e. The maximum atomic E-state index is 12.1. The van der Waals surface area contributed by atoms with Gasteiger partial charge in [-0.1, -0.05) is 36.4 Å². The van der Waals surface area contributed by atoms with Gasteiger partial charge in [-0.05, 0) is 24.1 Å². The average molecular weight is 315 g/mol. The summed E-state index contributed by atoms with van der Waals surface area (Å²) in [7, 11) is 0. The van der Waals surface area contributed by atoms with E-state index in [1.54, 1.807) is 0 Å². The van der Waals surface area contributed by atoms with Gasteiger partial charge >= 0.3 is 5.51 Å². The first-order chi connectivity index (χ1) is 9.88. The normalized spacial score (nSPS) is 13.4. The summed E-state index contributed by atoms with van der Waals surface area (Å²) in [4.78, 5) is 0. The van der Waals surface area contributed by atoms with Crippen LogP contribution in [0.25, 0.3) is 10.8 Å². The molecule has 114 valence electrons. The van der Waals surface area contributed by atoms with Crippen LogP contribution in [-0.4, -0.2) is 17.9 Å². The third kappa shape index (κ3) is 4.28. The van der Waals surface area contributed by atoms with Crippen LogP contribution in [0.4, 0.5) is 13.2 Å². The predicted molar refractivity (Wildman–Crippen MR) is 80.6 cm³/mol. The van der Waals surface area contributed by atoms with Crippen molar-refractivity contribution in [3.63, 3.8) is 0 Å². The molecule has 0 unspecified atom stereocenters. The Hall–Kier alpha value is -1.40. The molecule has 1 atom stereocenters. The van der Waals surface area contributed by atoms with Gasteiger partial charge in [0.1, 0.15) is 5.75 Å². The molecule has 0 saturated heterocycles. The van der Waals surface area contributed by atoms with Gasteiger partial charge in [-0.2, -0.15) is 13.2 Å². The molecule has 0 aliphatic carbocycles. The lowest BCUT2D eigenvalue weighted by Gasteiger charge is -2.17. The van der Waals surface area contributed by atoms with Gasteiger partial charge in [0.25, 0.3) is 0 Å². The molecule has 0 aliphatic rings. The molecule has 2 aromatic carbocycles. The minimum atomic E-state index is -4.23. The second-order valence-corrected chi connectivity index (χ2v) is 5.80. The number of ether oxygens (including phenoxy) is 1. The maximum Gasteiger partial charge on any atom is 0.441 e. The zero-order chi connectivity index (χ0) is 15.5. The Morgan fingerprint density at radius 2 is 1.90 bits per heavy atom. The molecule has 0 radical (unpaired) electrons. The van der Waals surface area contributed by atoms with Crippen LogP contribution in [0, 0.1) is 0 Å². The molecule has 2 rings (SSSR count). The Balaban J connectivity index is 2.21. The highest BCUT2D eigenvalue weighted by molar-refractivity contribution is 8.00. The Bertz CT molecular complexity index is 613. The molecule has 0 bridgehead atoms. The van der Waals surface area contributed by atoms with E-state index in [1.807, 2.05) is 43.3 Å². The number of alkyl halides is 3.